The normalized spacial score (nSPS) is 30.2. The van der Waals surface area contributed by atoms with Gasteiger partial charge in [0.05, 0.1) is 0 Å². The Hall–Kier alpha value is -1.45. The van der Waals surface area contributed by atoms with E-state index >= 15 is 0 Å². The molecule has 0 aliphatic heterocycles. The fourth-order valence-electron chi connectivity index (χ4n) is 3.53. The molecule has 1 aromatic rings. The van der Waals surface area contributed by atoms with Gasteiger partial charge in [0.2, 0.25) is 5.91 Å². The van der Waals surface area contributed by atoms with Gasteiger partial charge in [-0.15, -0.1) is 0 Å². The van der Waals surface area contributed by atoms with Crippen molar-refractivity contribution in [2.75, 3.05) is 5.32 Å². The molecule has 2 unspecified atom stereocenters. The first-order valence-electron chi connectivity index (χ1n) is 6.79. The fraction of sp³-hybridized carbons (Fsp3) is 0.643. The fourth-order valence-corrected chi connectivity index (χ4v) is 3.53. The second-order valence-electron chi connectivity index (χ2n) is 5.72. The summed E-state index contributed by atoms with van der Waals surface area (Å²) < 4.78 is 0. The first-order valence-corrected chi connectivity index (χ1v) is 6.79. The van der Waals surface area contributed by atoms with Gasteiger partial charge in [-0.1, -0.05) is 12.8 Å². The van der Waals surface area contributed by atoms with E-state index in [9.17, 15) is 4.79 Å². The number of fused-ring (bicyclic) bond motifs is 2. The molecule has 18 heavy (non-hydrogen) atoms. The molecule has 0 aromatic carbocycles. The molecule has 4 heteroatoms. The van der Waals surface area contributed by atoms with Crippen LogP contribution in [0, 0.1) is 18.3 Å². The van der Waals surface area contributed by atoms with Crippen LogP contribution in [0.1, 0.15) is 44.3 Å². The number of nitrogens with zero attached hydrogens (tertiary/aromatic N) is 2. The van der Waals surface area contributed by atoms with Crippen LogP contribution in [0.15, 0.2) is 12.3 Å². The predicted molar refractivity (Wildman–Crippen MR) is 69.0 cm³/mol. The van der Waals surface area contributed by atoms with Crippen molar-refractivity contribution < 1.29 is 4.79 Å². The smallest absolute Gasteiger partial charge is 0.231 e. The SMILES string of the molecule is Cc1nccc(NC(=O)C23CCCC(CC2)C3)n1. The van der Waals surface area contributed by atoms with Crippen LogP contribution in [0.3, 0.4) is 0 Å². The number of aryl methyl sites for hydroxylation is 1. The standard InChI is InChI=1S/C14H19N3O/c1-10-15-8-5-12(16-10)17-13(18)14-6-2-3-11(9-14)4-7-14/h5,8,11H,2-4,6-7,9H2,1H3,(H,15,16,17,18). The Morgan fingerprint density at radius 3 is 3.17 bits per heavy atom. The van der Waals surface area contributed by atoms with E-state index in [1.807, 2.05) is 6.92 Å². The second-order valence-corrected chi connectivity index (χ2v) is 5.72. The number of amides is 1. The highest BCUT2D eigenvalue weighted by molar-refractivity contribution is 5.94. The van der Waals surface area contributed by atoms with Gasteiger partial charge in [-0.3, -0.25) is 4.79 Å². The minimum atomic E-state index is -0.109. The van der Waals surface area contributed by atoms with Crippen molar-refractivity contribution >= 4 is 11.7 Å². The molecule has 2 saturated carbocycles. The highest BCUT2D eigenvalue weighted by Crippen LogP contribution is 2.51. The first-order chi connectivity index (χ1) is 8.68. The van der Waals surface area contributed by atoms with E-state index in [0.29, 0.717) is 11.6 Å². The number of carbonyl (C=O) groups is 1. The lowest BCUT2D eigenvalue weighted by Crippen LogP contribution is -2.36. The van der Waals surface area contributed by atoms with Gasteiger partial charge in [0.1, 0.15) is 11.6 Å². The van der Waals surface area contributed by atoms with Gasteiger partial charge in [-0.2, -0.15) is 0 Å². The third kappa shape index (κ3) is 2.00. The lowest BCUT2D eigenvalue weighted by molar-refractivity contribution is -0.126. The number of hydrogen-bond acceptors (Lipinski definition) is 3. The van der Waals surface area contributed by atoms with Crippen LogP contribution < -0.4 is 5.32 Å². The van der Waals surface area contributed by atoms with E-state index in [2.05, 4.69) is 15.3 Å². The third-order valence-corrected chi connectivity index (χ3v) is 4.48. The molecule has 2 bridgehead atoms. The molecular formula is C14H19N3O. The van der Waals surface area contributed by atoms with Gasteiger partial charge < -0.3 is 5.32 Å². The van der Waals surface area contributed by atoms with E-state index in [1.54, 1.807) is 12.3 Å². The van der Waals surface area contributed by atoms with Crippen LogP contribution in [0.5, 0.6) is 0 Å². The number of nitrogens with one attached hydrogen (secondary N) is 1. The monoisotopic (exact) mass is 245 g/mol. The van der Waals surface area contributed by atoms with Crippen LogP contribution >= 0.6 is 0 Å². The Kier molecular flexibility index (Phi) is 2.80. The van der Waals surface area contributed by atoms with Crippen LogP contribution in [-0.4, -0.2) is 15.9 Å². The summed E-state index contributed by atoms with van der Waals surface area (Å²) in [7, 11) is 0. The molecular weight excluding hydrogens is 226 g/mol. The molecule has 2 aliphatic rings. The number of rotatable bonds is 2. The summed E-state index contributed by atoms with van der Waals surface area (Å²) in [5, 5.41) is 2.98. The average Bonchev–Trinajstić information content (AvgIpc) is 2.66. The zero-order chi connectivity index (χ0) is 12.6. The summed E-state index contributed by atoms with van der Waals surface area (Å²) in [6.07, 6.45) is 8.57. The van der Waals surface area contributed by atoms with Gasteiger partial charge in [-0.05, 0) is 44.6 Å². The minimum absolute atomic E-state index is 0.109. The predicted octanol–water partition coefficient (Wildman–Crippen LogP) is 2.69. The lowest BCUT2D eigenvalue weighted by atomic mass is 9.75. The number of carbonyl (C=O) groups excluding carboxylic acids is 1. The average molecular weight is 245 g/mol. The maximum Gasteiger partial charge on any atom is 0.231 e. The molecule has 0 spiro atoms. The molecule has 3 rings (SSSR count). The molecule has 96 valence electrons. The Balaban J connectivity index is 1.75. The zero-order valence-electron chi connectivity index (χ0n) is 10.8. The molecule has 1 aromatic heterocycles. The highest BCUT2D eigenvalue weighted by atomic mass is 16.2. The Morgan fingerprint density at radius 1 is 1.44 bits per heavy atom. The van der Waals surface area contributed by atoms with Crippen molar-refractivity contribution in [1.82, 2.24) is 9.97 Å². The first kappa shape index (κ1) is 11.6. The molecule has 2 aliphatic carbocycles. The van der Waals surface area contributed by atoms with E-state index in [0.717, 1.165) is 25.2 Å². The summed E-state index contributed by atoms with van der Waals surface area (Å²) in [6, 6.07) is 1.76. The highest BCUT2D eigenvalue weighted by Gasteiger charge is 2.47. The van der Waals surface area contributed by atoms with Crippen LogP contribution in [0.2, 0.25) is 0 Å². The zero-order valence-corrected chi connectivity index (χ0v) is 10.8. The number of anilines is 1. The van der Waals surface area contributed by atoms with Crippen molar-refractivity contribution in [2.45, 2.75) is 45.4 Å². The van der Waals surface area contributed by atoms with Crippen LogP contribution in [0.25, 0.3) is 0 Å². The van der Waals surface area contributed by atoms with Gasteiger partial charge in [0.15, 0.2) is 0 Å². The topological polar surface area (TPSA) is 54.9 Å². The van der Waals surface area contributed by atoms with Crippen molar-refractivity contribution in [3.05, 3.63) is 18.1 Å². The maximum absolute atomic E-state index is 12.5. The van der Waals surface area contributed by atoms with Crippen LogP contribution in [-0.2, 0) is 4.79 Å². The van der Waals surface area contributed by atoms with E-state index in [-0.39, 0.29) is 11.3 Å². The third-order valence-electron chi connectivity index (χ3n) is 4.48. The Bertz CT molecular complexity index is 470. The molecule has 1 N–H and O–H groups in total. The quantitative estimate of drug-likeness (QED) is 0.871. The summed E-state index contributed by atoms with van der Waals surface area (Å²) in [5.41, 5.74) is -0.109. The van der Waals surface area contributed by atoms with Gasteiger partial charge in [0, 0.05) is 11.6 Å². The van der Waals surface area contributed by atoms with Gasteiger partial charge in [-0.25, -0.2) is 9.97 Å². The summed E-state index contributed by atoms with van der Waals surface area (Å²) in [6.45, 7) is 1.83. The number of hydrogen-bond donors (Lipinski definition) is 1. The molecule has 1 amide bonds. The Labute approximate surface area is 107 Å². The summed E-state index contributed by atoms with van der Waals surface area (Å²) in [4.78, 5) is 20.8. The number of aromatic nitrogens is 2. The lowest BCUT2D eigenvalue weighted by Gasteiger charge is -2.31. The second kappa shape index (κ2) is 4.34. The summed E-state index contributed by atoms with van der Waals surface area (Å²) >= 11 is 0. The van der Waals surface area contributed by atoms with E-state index < -0.39 is 0 Å². The van der Waals surface area contributed by atoms with Gasteiger partial charge in [0.25, 0.3) is 0 Å². The molecule has 2 fully saturated rings. The summed E-state index contributed by atoms with van der Waals surface area (Å²) in [5.74, 6) is 2.27. The molecule has 0 saturated heterocycles. The van der Waals surface area contributed by atoms with Crippen molar-refractivity contribution in [3.8, 4) is 0 Å². The maximum atomic E-state index is 12.5. The Morgan fingerprint density at radius 2 is 2.33 bits per heavy atom. The molecule has 0 radical (unpaired) electrons. The van der Waals surface area contributed by atoms with E-state index in [4.69, 9.17) is 0 Å². The van der Waals surface area contributed by atoms with Crippen LogP contribution in [0.4, 0.5) is 5.82 Å². The largest absolute Gasteiger partial charge is 0.310 e. The molecule has 1 heterocycles. The van der Waals surface area contributed by atoms with Crippen molar-refractivity contribution in [3.63, 3.8) is 0 Å². The van der Waals surface area contributed by atoms with Gasteiger partial charge >= 0.3 is 0 Å². The van der Waals surface area contributed by atoms with Crippen molar-refractivity contribution in [2.24, 2.45) is 11.3 Å². The molecule has 4 nitrogen and oxygen atoms in total. The molecule has 2 atom stereocenters. The van der Waals surface area contributed by atoms with Crippen molar-refractivity contribution in [1.29, 1.82) is 0 Å². The minimum Gasteiger partial charge on any atom is -0.310 e. The van der Waals surface area contributed by atoms with E-state index in [1.165, 1.54) is 19.3 Å².